The number of tetrazole rings is 1. The van der Waals surface area contributed by atoms with E-state index < -0.39 is 11.6 Å². The van der Waals surface area contributed by atoms with Crippen LogP contribution in [-0.4, -0.2) is 50.3 Å². The zero-order valence-electron chi connectivity index (χ0n) is 23.9. The van der Waals surface area contributed by atoms with E-state index in [0.29, 0.717) is 31.1 Å². The number of benzene rings is 3. The molecule has 0 saturated carbocycles. The molecular formula is C30H38N8O3. The molecule has 4 rings (SSSR count). The number of nitrogens with two attached hydrogens (primary N) is 1. The minimum atomic E-state index is -1.08. The van der Waals surface area contributed by atoms with Crippen LogP contribution in [0, 0.1) is 0 Å². The molecule has 1 atom stereocenters. The van der Waals surface area contributed by atoms with Gasteiger partial charge in [0.15, 0.2) is 5.82 Å². The second kappa shape index (κ2) is 13.2. The fourth-order valence-electron chi connectivity index (χ4n) is 4.29. The van der Waals surface area contributed by atoms with Gasteiger partial charge in [0.2, 0.25) is 5.91 Å². The van der Waals surface area contributed by atoms with Crippen LogP contribution in [-0.2, 0) is 24.3 Å². The molecule has 0 fully saturated rings. The van der Waals surface area contributed by atoms with Gasteiger partial charge < -0.3 is 26.4 Å². The number of hydrogen-bond donors (Lipinski definition) is 4. The van der Waals surface area contributed by atoms with E-state index in [1.54, 1.807) is 18.5 Å². The average Bonchev–Trinajstić information content (AvgIpc) is 3.39. The van der Waals surface area contributed by atoms with Crippen molar-refractivity contribution in [2.24, 2.45) is 5.73 Å². The van der Waals surface area contributed by atoms with Gasteiger partial charge in [-0.3, -0.25) is 4.79 Å². The van der Waals surface area contributed by atoms with Gasteiger partial charge in [0.25, 0.3) is 0 Å². The van der Waals surface area contributed by atoms with Crippen LogP contribution in [0.1, 0.15) is 50.7 Å². The molecule has 0 radical (unpaired) electrons. The Bertz CT molecular complexity index is 1480. The maximum atomic E-state index is 12.9. The first-order chi connectivity index (χ1) is 19.6. The highest BCUT2D eigenvalue weighted by Crippen LogP contribution is 2.22. The smallest absolute Gasteiger partial charge is 0.315 e. The molecule has 0 aliphatic carbocycles. The van der Waals surface area contributed by atoms with E-state index in [4.69, 9.17) is 10.5 Å². The third-order valence-electron chi connectivity index (χ3n) is 6.41. The summed E-state index contributed by atoms with van der Waals surface area (Å²) in [4.78, 5) is 24.9. The van der Waals surface area contributed by atoms with Crippen molar-refractivity contribution < 1.29 is 14.3 Å². The Hall–Kier alpha value is -4.51. The molecule has 11 heteroatoms. The molecule has 41 heavy (non-hydrogen) atoms. The Balaban J connectivity index is 1.47. The molecule has 1 aromatic heterocycles. The minimum Gasteiger partial charge on any atom is -0.491 e. The molecule has 3 amide bonds. The number of carbonyl (C=O) groups is 2. The Morgan fingerprint density at radius 2 is 1.73 bits per heavy atom. The number of hydrogen-bond acceptors (Lipinski definition) is 7. The van der Waals surface area contributed by atoms with Gasteiger partial charge in [-0.1, -0.05) is 60.7 Å². The fraction of sp³-hybridized carbons (Fsp3) is 0.367. The summed E-state index contributed by atoms with van der Waals surface area (Å²) >= 11 is 0. The number of carbonyl (C=O) groups excluding carboxylic acids is 2. The van der Waals surface area contributed by atoms with Gasteiger partial charge in [-0.15, -0.1) is 5.10 Å². The summed E-state index contributed by atoms with van der Waals surface area (Å²) in [6, 6.07) is 21.1. The van der Waals surface area contributed by atoms with Crippen molar-refractivity contribution in [1.29, 1.82) is 0 Å². The summed E-state index contributed by atoms with van der Waals surface area (Å²) < 4.78 is 7.70. The van der Waals surface area contributed by atoms with Crippen LogP contribution in [0.15, 0.2) is 66.7 Å². The Morgan fingerprint density at radius 3 is 2.49 bits per heavy atom. The Kier molecular flexibility index (Phi) is 9.51. The SMILES string of the molecule is CC(C)NC(=O)NCc1ccccc1OCCn1nnnc1[C@@H](Cc1ccc2ccccc2c1)NC(=O)C(C)(C)N. The van der Waals surface area contributed by atoms with E-state index in [2.05, 4.69) is 55.7 Å². The zero-order chi connectivity index (χ0) is 29.4. The van der Waals surface area contributed by atoms with Gasteiger partial charge in [-0.25, -0.2) is 9.48 Å². The van der Waals surface area contributed by atoms with E-state index in [9.17, 15) is 9.59 Å². The van der Waals surface area contributed by atoms with Crippen LogP contribution in [0.4, 0.5) is 4.79 Å². The summed E-state index contributed by atoms with van der Waals surface area (Å²) in [5.41, 5.74) is 6.88. The van der Waals surface area contributed by atoms with Gasteiger partial charge in [-0.05, 0) is 60.5 Å². The molecule has 0 aliphatic heterocycles. The highest BCUT2D eigenvalue weighted by Gasteiger charge is 2.28. The van der Waals surface area contributed by atoms with Crippen LogP contribution in [0.5, 0.6) is 5.75 Å². The van der Waals surface area contributed by atoms with E-state index in [1.165, 1.54) is 0 Å². The number of fused-ring (bicyclic) bond motifs is 1. The molecule has 5 N–H and O–H groups in total. The van der Waals surface area contributed by atoms with E-state index in [-0.39, 0.29) is 24.6 Å². The number of aromatic nitrogens is 4. The summed E-state index contributed by atoms with van der Waals surface area (Å²) in [6.07, 6.45) is 0.473. The Morgan fingerprint density at radius 1 is 1.00 bits per heavy atom. The molecule has 0 spiro atoms. The highest BCUT2D eigenvalue weighted by molar-refractivity contribution is 5.85. The largest absolute Gasteiger partial charge is 0.491 e. The molecule has 1 heterocycles. The number of rotatable bonds is 12. The maximum Gasteiger partial charge on any atom is 0.315 e. The van der Waals surface area contributed by atoms with Crippen molar-refractivity contribution in [3.8, 4) is 5.75 Å². The van der Waals surface area contributed by atoms with Crippen molar-refractivity contribution in [2.45, 2.75) is 64.8 Å². The summed E-state index contributed by atoms with van der Waals surface area (Å²) in [5, 5.41) is 23.3. The number of para-hydroxylation sites is 1. The first-order valence-electron chi connectivity index (χ1n) is 13.7. The van der Waals surface area contributed by atoms with Gasteiger partial charge >= 0.3 is 6.03 Å². The zero-order valence-corrected chi connectivity index (χ0v) is 23.9. The topological polar surface area (TPSA) is 149 Å². The third kappa shape index (κ3) is 8.24. The third-order valence-corrected chi connectivity index (χ3v) is 6.41. The lowest BCUT2D eigenvalue weighted by atomic mass is 9.99. The lowest BCUT2D eigenvalue weighted by molar-refractivity contribution is -0.126. The van der Waals surface area contributed by atoms with Crippen molar-refractivity contribution >= 4 is 22.7 Å². The standard InChI is InChI=1S/C30H38N8O3/c1-20(2)33-29(40)32-19-24-11-7-8-12-26(24)41-16-15-38-27(35-36-37-38)25(34-28(39)30(3,4)31)18-21-13-14-22-9-5-6-10-23(22)17-21/h5-14,17,20,25H,15-16,18-19,31H2,1-4H3,(H,34,39)(H2,32,33,40)/t25-/m1/s1. The fourth-order valence-corrected chi connectivity index (χ4v) is 4.29. The monoisotopic (exact) mass is 558 g/mol. The molecule has 0 bridgehead atoms. The summed E-state index contributed by atoms with van der Waals surface area (Å²) in [5.74, 6) is 0.842. The van der Waals surface area contributed by atoms with Gasteiger partial charge in [-0.2, -0.15) is 0 Å². The van der Waals surface area contributed by atoms with Crippen LogP contribution in [0.2, 0.25) is 0 Å². The predicted octanol–water partition coefficient (Wildman–Crippen LogP) is 3.25. The first kappa shape index (κ1) is 29.5. The van der Waals surface area contributed by atoms with Crippen molar-refractivity contribution in [3.63, 3.8) is 0 Å². The van der Waals surface area contributed by atoms with Crippen molar-refractivity contribution in [1.82, 2.24) is 36.2 Å². The maximum absolute atomic E-state index is 12.9. The molecular weight excluding hydrogens is 520 g/mol. The van der Waals surface area contributed by atoms with Crippen molar-refractivity contribution in [3.05, 3.63) is 83.7 Å². The van der Waals surface area contributed by atoms with E-state index in [0.717, 1.165) is 21.9 Å². The second-order valence-electron chi connectivity index (χ2n) is 10.8. The second-order valence-corrected chi connectivity index (χ2v) is 10.8. The first-order valence-corrected chi connectivity index (χ1v) is 13.7. The minimum absolute atomic E-state index is 0.0396. The molecule has 4 aromatic rings. The number of ether oxygens (including phenoxy) is 1. The quantitative estimate of drug-likeness (QED) is 0.209. The number of amides is 3. The summed E-state index contributed by atoms with van der Waals surface area (Å²) in [6.45, 7) is 8.05. The van der Waals surface area contributed by atoms with Crippen LogP contribution in [0.3, 0.4) is 0 Å². The number of urea groups is 1. The molecule has 0 saturated heterocycles. The molecule has 0 unspecified atom stereocenters. The van der Waals surface area contributed by atoms with Crippen LogP contribution < -0.4 is 26.4 Å². The highest BCUT2D eigenvalue weighted by atomic mass is 16.5. The van der Waals surface area contributed by atoms with Crippen molar-refractivity contribution in [2.75, 3.05) is 6.61 Å². The lowest BCUT2D eigenvalue weighted by Gasteiger charge is -2.24. The van der Waals surface area contributed by atoms with Gasteiger partial charge in [0.05, 0.1) is 18.1 Å². The van der Waals surface area contributed by atoms with Gasteiger partial charge in [0, 0.05) is 24.6 Å². The predicted molar refractivity (Wildman–Crippen MR) is 157 cm³/mol. The van der Waals surface area contributed by atoms with Gasteiger partial charge in [0.1, 0.15) is 12.4 Å². The van der Waals surface area contributed by atoms with Crippen LogP contribution in [0.25, 0.3) is 10.8 Å². The number of nitrogens with one attached hydrogen (secondary N) is 3. The number of nitrogens with zero attached hydrogens (tertiary/aromatic N) is 4. The molecule has 11 nitrogen and oxygen atoms in total. The molecule has 216 valence electrons. The van der Waals surface area contributed by atoms with E-state index >= 15 is 0 Å². The molecule has 0 aliphatic rings. The average molecular weight is 559 g/mol. The lowest BCUT2D eigenvalue weighted by Crippen LogP contribution is -2.50. The van der Waals surface area contributed by atoms with E-state index in [1.807, 2.05) is 56.3 Å². The summed E-state index contributed by atoms with van der Waals surface area (Å²) in [7, 11) is 0. The molecule has 3 aromatic carbocycles. The van der Waals surface area contributed by atoms with Crippen LogP contribution >= 0.6 is 0 Å². The Labute approximate surface area is 239 Å². The normalized spacial score (nSPS) is 12.2.